The number of hydrogen-bond acceptors (Lipinski definition) is 16. The number of esters is 1. The minimum atomic E-state index is -1.34. The van der Waals surface area contributed by atoms with Crippen molar-refractivity contribution in [3.8, 4) is 5.75 Å². The van der Waals surface area contributed by atoms with Crippen LogP contribution in [-0.2, 0) is 49.4 Å². The Morgan fingerprint density at radius 3 is 2.42 bits per heavy atom. The first-order chi connectivity index (χ1) is 27.6. The lowest BCUT2D eigenvalue weighted by Gasteiger charge is -2.46. The Kier molecular flexibility index (Phi) is 16.8. The highest BCUT2D eigenvalue weighted by atomic mass is 127. The number of carbonyl (C=O) groups is 4. The van der Waals surface area contributed by atoms with Gasteiger partial charge in [-0.3, -0.25) is 34.0 Å². The van der Waals surface area contributed by atoms with E-state index in [0.717, 1.165) is 5.69 Å². The maximum atomic E-state index is 14.3. The van der Waals surface area contributed by atoms with E-state index >= 15 is 0 Å². The molecule has 0 aliphatic carbocycles. The van der Waals surface area contributed by atoms with Gasteiger partial charge in [0.15, 0.2) is 21.8 Å². The second-order valence-electron chi connectivity index (χ2n) is 17.1. The van der Waals surface area contributed by atoms with Gasteiger partial charge in [-0.1, -0.05) is 13.8 Å². The zero-order valence-electron chi connectivity index (χ0n) is 36.4. The van der Waals surface area contributed by atoms with Gasteiger partial charge in [0.05, 0.1) is 35.0 Å². The minimum absolute atomic E-state index is 0.00873. The molecule has 2 saturated heterocycles. The molecule has 0 radical (unpaired) electrons. The van der Waals surface area contributed by atoms with Crippen molar-refractivity contribution in [3.05, 3.63) is 29.6 Å². The van der Waals surface area contributed by atoms with E-state index in [2.05, 4.69) is 20.2 Å². The molecule has 4 rings (SSSR count). The van der Waals surface area contributed by atoms with Gasteiger partial charge in [0.2, 0.25) is 0 Å². The summed E-state index contributed by atoms with van der Waals surface area (Å²) < 4.78 is 29.1. The van der Waals surface area contributed by atoms with Crippen LogP contribution in [0.5, 0.6) is 5.75 Å². The van der Waals surface area contributed by atoms with Gasteiger partial charge in [-0.15, -0.1) is 0 Å². The van der Waals surface area contributed by atoms with Crippen LogP contribution in [0.3, 0.4) is 0 Å². The van der Waals surface area contributed by atoms with E-state index in [0.29, 0.717) is 49.1 Å². The first-order valence-electron chi connectivity index (χ1n) is 20.2. The van der Waals surface area contributed by atoms with Crippen molar-refractivity contribution in [2.75, 3.05) is 34.3 Å². The Bertz CT molecular complexity index is 1790. The maximum absolute atomic E-state index is 14.3. The number of rotatable bonds is 21. The normalized spacial score (nSPS) is 25.4. The van der Waals surface area contributed by atoms with Crippen LogP contribution in [0.1, 0.15) is 79.5 Å². The molecule has 17 heteroatoms. The van der Waals surface area contributed by atoms with Crippen molar-refractivity contribution in [3.63, 3.8) is 0 Å². The molecule has 330 valence electrons. The number of fused-ring (bicyclic) bond motifs is 1. The van der Waals surface area contributed by atoms with Crippen LogP contribution in [0.2, 0.25) is 0 Å². The number of alkyl halides is 1. The maximum Gasteiger partial charge on any atom is 0.317 e. The Labute approximate surface area is 361 Å². The first-order valence-corrected chi connectivity index (χ1v) is 21.4. The number of aryl methyl sites for hydroxylation is 1. The highest BCUT2D eigenvalue weighted by Crippen LogP contribution is 2.37. The smallest absolute Gasteiger partial charge is 0.317 e. The van der Waals surface area contributed by atoms with Gasteiger partial charge >= 0.3 is 5.97 Å². The number of nitrogens with zero attached hydrogens (tertiary/aromatic N) is 4. The predicted octanol–water partition coefficient (Wildman–Crippen LogP) is 3.71. The number of aromatic hydroxyl groups is 1. The van der Waals surface area contributed by atoms with Gasteiger partial charge in [0, 0.05) is 68.0 Å². The van der Waals surface area contributed by atoms with Crippen molar-refractivity contribution in [2.45, 2.75) is 140 Å². The summed E-state index contributed by atoms with van der Waals surface area (Å²) in [6.45, 7) is 17.3. The number of hydrogen-bond donors (Lipinski definition) is 3. The molecule has 16 nitrogen and oxygen atoms in total. The highest BCUT2D eigenvalue weighted by molar-refractivity contribution is 14.1. The molecule has 0 aromatic carbocycles. The zero-order chi connectivity index (χ0) is 44.1. The number of aromatic nitrogens is 2. The van der Waals surface area contributed by atoms with Gasteiger partial charge < -0.3 is 44.1 Å². The van der Waals surface area contributed by atoms with E-state index in [1.165, 1.54) is 27.2 Å². The number of ether oxygens (including phenoxy) is 5. The minimum Gasteiger partial charge on any atom is -0.506 e. The summed E-state index contributed by atoms with van der Waals surface area (Å²) in [7, 11) is 5.18. The Hall–Kier alpha value is -2.91. The fourth-order valence-corrected chi connectivity index (χ4v) is 8.94. The second kappa shape index (κ2) is 20.3. The number of likely N-dealkylation sites (tertiary alicyclic amines) is 1. The third kappa shape index (κ3) is 11.3. The number of Topliss-reactive ketones (excluding diaryl/α,β-unsaturated/α-hetero) is 2. The molecule has 3 N–H and O–H groups in total. The number of nitrogens with one attached hydrogen (secondary N) is 1. The van der Waals surface area contributed by atoms with Crippen LogP contribution in [0, 0.1) is 24.7 Å². The van der Waals surface area contributed by atoms with Crippen LogP contribution in [0.15, 0.2) is 18.3 Å². The van der Waals surface area contributed by atoms with Crippen LogP contribution in [-0.4, -0.2) is 146 Å². The van der Waals surface area contributed by atoms with Crippen LogP contribution < -0.4 is 5.32 Å². The molecule has 59 heavy (non-hydrogen) atoms. The molecule has 2 aliphatic rings. The highest BCUT2D eigenvalue weighted by Gasteiger charge is 2.50. The molecular formula is C42H64IN5O11. The lowest BCUT2D eigenvalue weighted by atomic mass is 9.78. The van der Waals surface area contributed by atoms with Crippen molar-refractivity contribution in [2.24, 2.45) is 17.8 Å². The topological polar surface area (TPSA) is 199 Å². The summed E-state index contributed by atoms with van der Waals surface area (Å²) in [5.41, 5.74) is 0.307. The first kappa shape index (κ1) is 48.8. The van der Waals surface area contributed by atoms with E-state index in [-0.39, 0.29) is 36.1 Å². The lowest BCUT2D eigenvalue weighted by Crippen LogP contribution is -2.65. The van der Waals surface area contributed by atoms with Gasteiger partial charge in [0.1, 0.15) is 23.6 Å². The average molecular weight is 942 g/mol. The Morgan fingerprint density at radius 2 is 1.83 bits per heavy atom. The van der Waals surface area contributed by atoms with Crippen molar-refractivity contribution < 1.29 is 53.1 Å². The van der Waals surface area contributed by atoms with E-state index in [4.69, 9.17) is 23.7 Å². The molecule has 2 fully saturated rings. The fourth-order valence-electron chi connectivity index (χ4n) is 8.00. The lowest BCUT2D eigenvalue weighted by molar-refractivity contribution is -0.295. The van der Waals surface area contributed by atoms with Crippen molar-refractivity contribution in [1.29, 1.82) is 0 Å². The number of aliphatic hydroxyl groups excluding tert-OH is 1. The standard InChI is InChI=1S/C42H64IN5O11/c1-22(27(6)50)16-41(8,55-12)37(58-39-36(53)32(47(10)11)15-24(3)57-39)25(4)35(52)26(5)38(54)59-40(43)42(9,56-21-49)28(7)46-29-18-48(19-29)20-30-33(51)17-44-31-14-13-23(2)45-34(30)31/h13-14,17,21-22,24-26,28-29,32,36-37,39-40,46,51,53H,15-16,18-20H2,1-12H3/t22-,24-,25+,26-,28-,32+,36-,37-,39+,40+,41-,42+/m1/s1. The number of pyridine rings is 2. The Balaban J connectivity index is 1.45. The monoisotopic (exact) mass is 941 g/mol. The van der Waals surface area contributed by atoms with Crippen molar-refractivity contribution >= 4 is 57.6 Å². The van der Waals surface area contributed by atoms with E-state index in [1.807, 2.05) is 74.5 Å². The molecule has 2 aliphatic heterocycles. The summed E-state index contributed by atoms with van der Waals surface area (Å²) in [5, 5.41) is 25.5. The molecule has 0 spiro atoms. The number of aliphatic hydroxyl groups is 1. The van der Waals surface area contributed by atoms with E-state index in [1.54, 1.807) is 27.7 Å². The molecule has 2 aromatic rings. The van der Waals surface area contributed by atoms with E-state index < -0.39 is 69.4 Å². The van der Waals surface area contributed by atoms with Crippen LogP contribution >= 0.6 is 22.6 Å². The van der Waals surface area contributed by atoms with Gasteiger partial charge in [-0.25, -0.2) is 0 Å². The summed E-state index contributed by atoms with van der Waals surface area (Å²) in [4.78, 5) is 65.3. The predicted molar refractivity (Wildman–Crippen MR) is 228 cm³/mol. The summed E-state index contributed by atoms with van der Waals surface area (Å²) in [6, 6.07) is 2.95. The Morgan fingerprint density at radius 1 is 1.17 bits per heavy atom. The van der Waals surface area contributed by atoms with Crippen molar-refractivity contribution in [1.82, 2.24) is 25.1 Å². The quantitative estimate of drug-likeness (QED) is 0.0538. The number of methoxy groups -OCH3 is 1. The van der Waals surface area contributed by atoms with Crippen LogP contribution in [0.25, 0.3) is 11.0 Å². The molecule has 2 aromatic heterocycles. The number of likely N-dealkylation sites (N-methyl/N-ethyl adjacent to an activating group) is 1. The largest absolute Gasteiger partial charge is 0.506 e. The molecule has 0 unspecified atom stereocenters. The van der Waals surface area contributed by atoms with E-state index in [9.17, 15) is 29.4 Å². The molecule has 0 bridgehead atoms. The fraction of sp³-hybridized carbons (Fsp3) is 0.714. The SMILES string of the molecule is CO[C@](C)(C[C@@H](C)C(C)=O)[C@H](O[C@@H]1O[C@H](C)C[C@H](N(C)C)[C@H]1O)[C@@H](C)C(=O)[C@@H](C)C(=O)O[C@H](I)[C@@](C)(OC=O)[C@@H](C)NC1CN(Cc2c(O)cnc3ccc(C)nc23)C1. The average Bonchev–Trinajstić information content (AvgIpc) is 3.16. The number of halogens is 1. The molecular weight excluding hydrogens is 877 g/mol. The molecule has 4 heterocycles. The van der Waals surface area contributed by atoms with Gasteiger partial charge in [-0.2, -0.15) is 0 Å². The molecule has 12 atom stereocenters. The number of ketones is 2. The summed E-state index contributed by atoms with van der Waals surface area (Å²) in [5.74, 6) is -4.07. The second-order valence-corrected chi connectivity index (χ2v) is 18.3. The number of carbonyl (C=O) groups excluding carboxylic acids is 4. The van der Waals surface area contributed by atoms with Gasteiger partial charge in [0.25, 0.3) is 6.47 Å². The van der Waals surface area contributed by atoms with Crippen LogP contribution in [0.4, 0.5) is 0 Å². The molecule has 0 amide bonds. The summed E-state index contributed by atoms with van der Waals surface area (Å²) >= 11 is 1.90. The third-order valence-electron chi connectivity index (χ3n) is 12.3. The van der Waals surface area contributed by atoms with Gasteiger partial charge in [-0.05, 0) is 110 Å². The zero-order valence-corrected chi connectivity index (χ0v) is 38.6. The molecule has 0 saturated carbocycles. The summed E-state index contributed by atoms with van der Waals surface area (Å²) in [6.07, 6.45) is -1.34. The third-order valence-corrected chi connectivity index (χ3v) is 13.8.